The molecule has 1 aliphatic carbocycles. The highest BCUT2D eigenvalue weighted by atomic mass is 16.1. The first kappa shape index (κ1) is 14.9. The number of hydrogen-bond acceptors (Lipinski definition) is 2. The van der Waals surface area contributed by atoms with E-state index in [1.54, 1.807) is 0 Å². The van der Waals surface area contributed by atoms with Gasteiger partial charge in [-0.1, -0.05) is 25.7 Å². The van der Waals surface area contributed by atoms with E-state index in [9.17, 15) is 4.79 Å². The minimum absolute atomic E-state index is 0.0524. The summed E-state index contributed by atoms with van der Waals surface area (Å²) < 4.78 is 0. The van der Waals surface area contributed by atoms with Crippen molar-refractivity contribution in [2.24, 2.45) is 5.92 Å². The largest absolute Gasteiger partial charge is 0.388 e. The van der Waals surface area contributed by atoms with Gasteiger partial charge in [-0.25, -0.2) is 0 Å². The molecule has 110 valence electrons. The summed E-state index contributed by atoms with van der Waals surface area (Å²) in [6, 6.07) is 5.85. The van der Waals surface area contributed by atoms with Crippen LogP contribution in [0.4, 0.5) is 5.69 Å². The Kier molecular flexibility index (Phi) is 5.45. The molecular formula is C17H26N2O. The molecule has 2 N–H and O–H groups in total. The predicted octanol–water partition coefficient (Wildman–Crippen LogP) is 3.74. The first-order chi connectivity index (χ1) is 9.70. The molecule has 3 heteroatoms. The second kappa shape index (κ2) is 7.32. The van der Waals surface area contributed by atoms with Gasteiger partial charge < -0.3 is 10.6 Å². The van der Waals surface area contributed by atoms with Crippen molar-refractivity contribution in [1.29, 1.82) is 0 Å². The molecule has 0 bridgehead atoms. The Bertz CT molecular complexity index is 450. The van der Waals surface area contributed by atoms with Gasteiger partial charge in [0, 0.05) is 24.8 Å². The molecule has 1 aromatic rings. The Balaban J connectivity index is 1.76. The monoisotopic (exact) mass is 274 g/mol. The summed E-state index contributed by atoms with van der Waals surface area (Å²) in [6.45, 7) is 2.77. The Hall–Kier alpha value is -1.51. The lowest BCUT2D eigenvalue weighted by atomic mass is 10.0. The highest BCUT2D eigenvalue weighted by Gasteiger charge is 2.14. The Labute approximate surface area is 122 Å². The highest BCUT2D eigenvalue weighted by Crippen LogP contribution is 2.28. The van der Waals surface area contributed by atoms with Crippen molar-refractivity contribution in [3.05, 3.63) is 29.3 Å². The van der Waals surface area contributed by atoms with Crippen molar-refractivity contribution in [3.63, 3.8) is 0 Å². The molecule has 2 rings (SSSR count). The Morgan fingerprint density at radius 1 is 1.30 bits per heavy atom. The zero-order valence-electron chi connectivity index (χ0n) is 12.7. The van der Waals surface area contributed by atoms with Crippen LogP contribution in [0.25, 0.3) is 0 Å². The molecule has 1 fully saturated rings. The van der Waals surface area contributed by atoms with Crippen LogP contribution < -0.4 is 10.6 Å². The van der Waals surface area contributed by atoms with Crippen molar-refractivity contribution in [2.75, 3.05) is 18.9 Å². The maximum atomic E-state index is 12.1. The second-order valence-electron chi connectivity index (χ2n) is 5.83. The normalized spacial score (nSPS) is 15.3. The van der Waals surface area contributed by atoms with Gasteiger partial charge in [0.15, 0.2) is 0 Å². The van der Waals surface area contributed by atoms with Gasteiger partial charge in [0.2, 0.25) is 0 Å². The third-order valence-corrected chi connectivity index (χ3v) is 4.31. The number of aryl methyl sites for hydroxylation is 1. The molecule has 0 spiro atoms. The fourth-order valence-electron chi connectivity index (χ4n) is 3.06. The zero-order valence-corrected chi connectivity index (χ0v) is 12.7. The molecule has 20 heavy (non-hydrogen) atoms. The summed E-state index contributed by atoms with van der Waals surface area (Å²) >= 11 is 0. The lowest BCUT2D eigenvalue weighted by molar-refractivity contribution is 0.0952. The molecule has 0 heterocycles. The number of hydrogen-bond donors (Lipinski definition) is 2. The number of amides is 1. The second-order valence-corrected chi connectivity index (χ2v) is 5.83. The number of carbonyl (C=O) groups excluding carboxylic acids is 1. The smallest absolute Gasteiger partial charge is 0.251 e. The van der Waals surface area contributed by atoms with Gasteiger partial charge in [-0.05, 0) is 49.4 Å². The van der Waals surface area contributed by atoms with Gasteiger partial charge in [0.05, 0.1) is 0 Å². The van der Waals surface area contributed by atoms with E-state index in [0.717, 1.165) is 35.7 Å². The predicted molar refractivity (Wildman–Crippen MR) is 84.3 cm³/mol. The van der Waals surface area contributed by atoms with Crippen LogP contribution in [-0.2, 0) is 0 Å². The molecule has 3 nitrogen and oxygen atoms in total. The van der Waals surface area contributed by atoms with Gasteiger partial charge in [0.1, 0.15) is 0 Å². The molecule has 0 aromatic heterocycles. The first-order valence-electron chi connectivity index (χ1n) is 7.77. The molecule has 1 aliphatic rings. The number of carbonyl (C=O) groups is 1. The summed E-state index contributed by atoms with van der Waals surface area (Å²) in [5.41, 5.74) is 2.84. The van der Waals surface area contributed by atoms with E-state index in [4.69, 9.17) is 0 Å². The molecule has 0 unspecified atom stereocenters. The van der Waals surface area contributed by atoms with Crippen LogP contribution >= 0.6 is 0 Å². The van der Waals surface area contributed by atoms with E-state index in [1.807, 2.05) is 32.2 Å². The van der Waals surface area contributed by atoms with Gasteiger partial charge in [-0.2, -0.15) is 0 Å². The van der Waals surface area contributed by atoms with Crippen LogP contribution in [0.1, 0.15) is 54.4 Å². The topological polar surface area (TPSA) is 41.1 Å². The maximum Gasteiger partial charge on any atom is 0.251 e. The molecule has 0 aliphatic heterocycles. The minimum Gasteiger partial charge on any atom is -0.388 e. The van der Waals surface area contributed by atoms with E-state index in [0.29, 0.717) is 0 Å². The molecule has 1 aromatic carbocycles. The van der Waals surface area contributed by atoms with Crippen LogP contribution in [0.3, 0.4) is 0 Å². The molecule has 0 saturated heterocycles. The highest BCUT2D eigenvalue weighted by molar-refractivity contribution is 5.96. The molecular weight excluding hydrogens is 248 g/mol. The first-order valence-corrected chi connectivity index (χ1v) is 7.77. The van der Waals surface area contributed by atoms with Crippen LogP contribution in [0.15, 0.2) is 18.2 Å². The number of anilines is 1. The summed E-state index contributed by atoms with van der Waals surface area (Å²) in [7, 11) is 1.89. The van der Waals surface area contributed by atoms with E-state index in [-0.39, 0.29) is 5.91 Å². The third-order valence-electron chi connectivity index (χ3n) is 4.31. The van der Waals surface area contributed by atoms with Crippen LogP contribution in [0.2, 0.25) is 0 Å². The summed E-state index contributed by atoms with van der Waals surface area (Å²) in [4.78, 5) is 12.1. The van der Waals surface area contributed by atoms with Crippen LogP contribution in [-0.4, -0.2) is 19.5 Å². The lowest BCUT2D eigenvalue weighted by Crippen LogP contribution is -2.25. The van der Waals surface area contributed by atoms with Gasteiger partial charge in [0.25, 0.3) is 5.91 Å². The van der Waals surface area contributed by atoms with Gasteiger partial charge in [-0.3, -0.25) is 4.79 Å². The number of rotatable bonds is 6. The molecule has 0 atom stereocenters. The standard InChI is InChI=1S/C17H26N2O/c1-13-12-15(18-2)9-10-16(13)17(20)19-11-5-8-14-6-3-4-7-14/h9-10,12,14,18H,3-8,11H2,1-2H3,(H,19,20). The van der Waals surface area contributed by atoms with E-state index in [1.165, 1.54) is 32.1 Å². The maximum absolute atomic E-state index is 12.1. The van der Waals surface area contributed by atoms with Crippen LogP contribution in [0, 0.1) is 12.8 Å². The van der Waals surface area contributed by atoms with E-state index in [2.05, 4.69) is 10.6 Å². The van der Waals surface area contributed by atoms with Crippen molar-refractivity contribution in [2.45, 2.75) is 45.4 Å². The molecule has 0 radical (unpaired) electrons. The molecule has 1 amide bonds. The lowest BCUT2D eigenvalue weighted by Gasteiger charge is -2.11. The van der Waals surface area contributed by atoms with Gasteiger partial charge >= 0.3 is 0 Å². The number of benzene rings is 1. The van der Waals surface area contributed by atoms with Crippen molar-refractivity contribution in [1.82, 2.24) is 5.32 Å². The minimum atomic E-state index is 0.0524. The van der Waals surface area contributed by atoms with Crippen molar-refractivity contribution >= 4 is 11.6 Å². The summed E-state index contributed by atoms with van der Waals surface area (Å²) in [5.74, 6) is 0.958. The Morgan fingerprint density at radius 2 is 2.05 bits per heavy atom. The van der Waals surface area contributed by atoms with Crippen molar-refractivity contribution in [3.8, 4) is 0 Å². The SMILES string of the molecule is CNc1ccc(C(=O)NCCCC2CCCC2)c(C)c1. The van der Waals surface area contributed by atoms with E-state index >= 15 is 0 Å². The summed E-state index contributed by atoms with van der Waals surface area (Å²) in [6.07, 6.45) is 7.93. The zero-order chi connectivity index (χ0) is 14.4. The number of nitrogens with one attached hydrogen (secondary N) is 2. The fraction of sp³-hybridized carbons (Fsp3) is 0.588. The average Bonchev–Trinajstić information content (AvgIpc) is 2.96. The summed E-state index contributed by atoms with van der Waals surface area (Å²) in [5, 5.41) is 6.13. The Morgan fingerprint density at radius 3 is 2.70 bits per heavy atom. The third kappa shape index (κ3) is 3.99. The van der Waals surface area contributed by atoms with E-state index < -0.39 is 0 Å². The van der Waals surface area contributed by atoms with Gasteiger partial charge in [-0.15, -0.1) is 0 Å². The fourth-order valence-corrected chi connectivity index (χ4v) is 3.06. The molecule has 1 saturated carbocycles. The quantitative estimate of drug-likeness (QED) is 0.776. The van der Waals surface area contributed by atoms with Crippen molar-refractivity contribution < 1.29 is 4.79 Å². The average molecular weight is 274 g/mol. The van der Waals surface area contributed by atoms with Crippen LogP contribution in [0.5, 0.6) is 0 Å².